The van der Waals surface area contributed by atoms with Gasteiger partial charge in [-0.3, -0.25) is 0 Å². The Balaban J connectivity index is 2.49. The summed E-state index contributed by atoms with van der Waals surface area (Å²) in [7, 11) is 0. The molecule has 0 saturated carbocycles. The molecule has 106 valence electrons. The molecule has 0 fully saturated rings. The van der Waals surface area contributed by atoms with Crippen molar-refractivity contribution in [3.8, 4) is 5.75 Å². The van der Waals surface area contributed by atoms with Gasteiger partial charge in [-0.1, -0.05) is 45.8 Å². The maximum absolute atomic E-state index is 13.7. The van der Waals surface area contributed by atoms with Crippen LogP contribution in [0.1, 0.15) is 28.4 Å². The third kappa shape index (κ3) is 3.23. The molecule has 2 aromatic rings. The largest absolute Gasteiger partial charge is 0.494 e. The zero-order valence-corrected chi connectivity index (χ0v) is 14.5. The van der Waals surface area contributed by atoms with E-state index in [0.29, 0.717) is 11.1 Å². The average molecular weight is 402 g/mol. The summed E-state index contributed by atoms with van der Waals surface area (Å²) in [5, 5.41) is 0. The van der Waals surface area contributed by atoms with E-state index >= 15 is 0 Å². The topological polar surface area (TPSA) is 9.23 Å². The van der Waals surface area contributed by atoms with Crippen molar-refractivity contribution in [3.05, 3.63) is 63.4 Å². The summed E-state index contributed by atoms with van der Waals surface area (Å²) in [5.41, 5.74) is 2.98. The zero-order valence-electron chi connectivity index (χ0n) is 11.3. The summed E-state index contributed by atoms with van der Waals surface area (Å²) in [6.45, 7) is 4.57. The molecule has 0 spiro atoms. The summed E-state index contributed by atoms with van der Waals surface area (Å²) in [5.74, 6) is 0.550. The van der Waals surface area contributed by atoms with Crippen molar-refractivity contribution in [1.82, 2.24) is 0 Å². The van der Waals surface area contributed by atoms with Crippen molar-refractivity contribution >= 4 is 31.9 Å². The first kappa shape index (κ1) is 15.5. The third-order valence-corrected chi connectivity index (χ3v) is 4.82. The number of alkyl halides is 1. The van der Waals surface area contributed by atoms with Crippen molar-refractivity contribution in [3.63, 3.8) is 0 Å². The molecule has 20 heavy (non-hydrogen) atoms. The molecular formula is C16H15Br2FO. The Labute approximate surface area is 135 Å². The first-order valence-electron chi connectivity index (χ1n) is 6.36. The van der Waals surface area contributed by atoms with E-state index in [0.717, 1.165) is 22.4 Å². The van der Waals surface area contributed by atoms with Gasteiger partial charge in [0, 0.05) is 5.56 Å². The smallest absolute Gasteiger partial charge is 0.137 e. The number of ether oxygens (including phenoxy) is 1. The minimum Gasteiger partial charge on any atom is -0.494 e. The molecule has 1 unspecified atom stereocenters. The van der Waals surface area contributed by atoms with Crippen LogP contribution < -0.4 is 4.74 Å². The summed E-state index contributed by atoms with van der Waals surface area (Å²) in [4.78, 5) is -0.131. The Kier molecular flexibility index (Phi) is 5.22. The van der Waals surface area contributed by atoms with Crippen LogP contribution in [0, 0.1) is 12.7 Å². The number of benzene rings is 2. The molecular weight excluding hydrogens is 387 g/mol. The molecule has 0 heterocycles. The predicted octanol–water partition coefficient (Wildman–Crippen LogP) is 5.78. The van der Waals surface area contributed by atoms with Crippen molar-refractivity contribution in [2.75, 3.05) is 6.61 Å². The van der Waals surface area contributed by atoms with E-state index in [-0.39, 0.29) is 10.6 Å². The van der Waals surface area contributed by atoms with E-state index in [2.05, 4.69) is 37.9 Å². The second kappa shape index (κ2) is 6.72. The Morgan fingerprint density at radius 2 is 1.95 bits per heavy atom. The van der Waals surface area contributed by atoms with Gasteiger partial charge in [-0.15, -0.1) is 0 Å². The molecule has 2 rings (SSSR count). The van der Waals surface area contributed by atoms with E-state index in [1.165, 1.54) is 6.07 Å². The minimum absolute atomic E-state index is 0.131. The van der Waals surface area contributed by atoms with Gasteiger partial charge >= 0.3 is 0 Å². The lowest BCUT2D eigenvalue weighted by Gasteiger charge is -2.17. The van der Waals surface area contributed by atoms with Crippen molar-refractivity contribution in [2.24, 2.45) is 0 Å². The lowest BCUT2D eigenvalue weighted by molar-refractivity contribution is 0.337. The average Bonchev–Trinajstić information content (AvgIpc) is 2.43. The van der Waals surface area contributed by atoms with Gasteiger partial charge in [-0.05, 0) is 47.5 Å². The number of hydrogen-bond donors (Lipinski definition) is 0. The SMILES string of the molecule is CCOc1ccc(C)cc1C(Br)c1cccc(F)c1Br. The van der Waals surface area contributed by atoms with Gasteiger partial charge in [0.15, 0.2) is 0 Å². The second-order valence-corrected chi connectivity index (χ2v) is 6.19. The van der Waals surface area contributed by atoms with E-state index in [1.54, 1.807) is 6.07 Å². The number of rotatable bonds is 4. The van der Waals surface area contributed by atoms with Crippen molar-refractivity contribution in [1.29, 1.82) is 0 Å². The molecule has 0 amide bonds. The summed E-state index contributed by atoms with van der Waals surface area (Å²) >= 11 is 6.97. The molecule has 1 nitrogen and oxygen atoms in total. The van der Waals surface area contributed by atoms with Crippen LogP contribution in [0.5, 0.6) is 5.75 Å². The molecule has 0 aliphatic rings. The van der Waals surface area contributed by atoms with Crippen LogP contribution in [0.2, 0.25) is 0 Å². The third-order valence-electron chi connectivity index (χ3n) is 2.99. The highest BCUT2D eigenvalue weighted by molar-refractivity contribution is 9.11. The van der Waals surface area contributed by atoms with Gasteiger partial charge in [-0.25, -0.2) is 4.39 Å². The first-order chi connectivity index (χ1) is 9.54. The molecule has 0 aliphatic carbocycles. The minimum atomic E-state index is -0.266. The van der Waals surface area contributed by atoms with Crippen LogP contribution in [0.15, 0.2) is 40.9 Å². The summed E-state index contributed by atoms with van der Waals surface area (Å²) in [6.07, 6.45) is 0. The maximum atomic E-state index is 13.7. The van der Waals surface area contributed by atoms with Crippen molar-refractivity contribution in [2.45, 2.75) is 18.7 Å². The van der Waals surface area contributed by atoms with Gasteiger partial charge in [0.2, 0.25) is 0 Å². The highest BCUT2D eigenvalue weighted by atomic mass is 79.9. The lowest BCUT2D eigenvalue weighted by Crippen LogP contribution is -2.01. The number of aryl methyl sites for hydroxylation is 1. The molecule has 0 radical (unpaired) electrons. The molecule has 0 saturated heterocycles. The van der Waals surface area contributed by atoms with Crippen molar-refractivity contribution < 1.29 is 9.13 Å². The fourth-order valence-electron chi connectivity index (χ4n) is 2.04. The van der Waals surface area contributed by atoms with Crippen LogP contribution in [0.25, 0.3) is 0 Å². The Bertz CT molecular complexity index is 613. The second-order valence-electron chi connectivity index (χ2n) is 4.48. The van der Waals surface area contributed by atoms with Gasteiger partial charge in [0.1, 0.15) is 11.6 Å². The van der Waals surface area contributed by atoms with E-state index in [9.17, 15) is 4.39 Å². The Morgan fingerprint density at radius 1 is 1.20 bits per heavy atom. The van der Waals surface area contributed by atoms with Gasteiger partial charge in [0.25, 0.3) is 0 Å². The normalized spacial score (nSPS) is 12.2. The molecule has 1 atom stereocenters. The number of hydrogen-bond acceptors (Lipinski definition) is 1. The fourth-order valence-corrected chi connectivity index (χ4v) is 3.58. The van der Waals surface area contributed by atoms with Gasteiger partial charge < -0.3 is 4.74 Å². The lowest BCUT2D eigenvalue weighted by atomic mass is 10.0. The van der Waals surface area contributed by atoms with Gasteiger partial charge in [0.05, 0.1) is 15.9 Å². The highest BCUT2D eigenvalue weighted by Gasteiger charge is 2.19. The summed E-state index contributed by atoms with van der Waals surface area (Å²) < 4.78 is 19.8. The van der Waals surface area contributed by atoms with Gasteiger partial charge in [-0.2, -0.15) is 0 Å². The standard InChI is InChI=1S/C16H15Br2FO/c1-3-20-14-8-7-10(2)9-12(14)15(17)11-5-4-6-13(19)16(11)18/h4-9,15H,3H2,1-2H3. The van der Waals surface area contributed by atoms with Crippen LogP contribution >= 0.6 is 31.9 Å². The van der Waals surface area contributed by atoms with Crippen LogP contribution in [0.4, 0.5) is 4.39 Å². The van der Waals surface area contributed by atoms with E-state index in [1.807, 2.05) is 32.0 Å². The molecule has 0 aromatic heterocycles. The molecule has 4 heteroatoms. The number of halogens is 3. The van der Waals surface area contributed by atoms with Crippen LogP contribution in [-0.4, -0.2) is 6.61 Å². The Hall–Kier alpha value is -0.870. The molecule has 0 N–H and O–H groups in total. The van der Waals surface area contributed by atoms with Crippen LogP contribution in [-0.2, 0) is 0 Å². The van der Waals surface area contributed by atoms with Crippen LogP contribution in [0.3, 0.4) is 0 Å². The first-order valence-corrected chi connectivity index (χ1v) is 8.06. The predicted molar refractivity (Wildman–Crippen MR) is 87.2 cm³/mol. The quantitative estimate of drug-likeness (QED) is 0.590. The molecule has 2 aromatic carbocycles. The monoisotopic (exact) mass is 400 g/mol. The zero-order chi connectivity index (χ0) is 14.7. The summed E-state index contributed by atoms with van der Waals surface area (Å²) in [6, 6.07) is 11.1. The van der Waals surface area contributed by atoms with E-state index in [4.69, 9.17) is 4.74 Å². The van der Waals surface area contributed by atoms with E-state index < -0.39 is 0 Å². The maximum Gasteiger partial charge on any atom is 0.137 e. The molecule has 0 aliphatic heterocycles. The fraction of sp³-hybridized carbons (Fsp3) is 0.250. The Morgan fingerprint density at radius 3 is 2.65 bits per heavy atom. The highest BCUT2D eigenvalue weighted by Crippen LogP contribution is 2.40. The molecule has 0 bridgehead atoms.